The lowest BCUT2D eigenvalue weighted by molar-refractivity contribution is -0.123. The largest absolute Gasteiger partial charge is 0.489 e. The molecule has 2 N–H and O–H groups in total. The molecule has 4 amide bonds. The number of allylic oxidation sites excluding steroid dienone is 2. The van der Waals surface area contributed by atoms with Crippen LogP contribution in [-0.4, -0.2) is 37.7 Å². The molecule has 103 heavy (non-hydrogen) atoms. The average Bonchev–Trinajstić information content (AvgIpc) is 1.53. The van der Waals surface area contributed by atoms with E-state index in [1.807, 2.05) is 71.2 Å². The van der Waals surface area contributed by atoms with Gasteiger partial charge in [0, 0.05) is 31.6 Å². The van der Waals surface area contributed by atoms with E-state index in [1.54, 1.807) is 0 Å². The third kappa shape index (κ3) is 22.0. The van der Waals surface area contributed by atoms with Gasteiger partial charge in [0.15, 0.2) is 11.5 Å². The molecule has 0 spiro atoms. The van der Waals surface area contributed by atoms with Gasteiger partial charge in [0.1, 0.15) is 29.4 Å². The van der Waals surface area contributed by atoms with Gasteiger partial charge in [0.25, 0.3) is 11.8 Å². The van der Waals surface area contributed by atoms with Crippen molar-refractivity contribution < 1.29 is 38.1 Å². The zero-order valence-corrected chi connectivity index (χ0v) is 66.2. The van der Waals surface area contributed by atoms with Gasteiger partial charge in [0.05, 0.1) is 19.8 Å². The number of benzene rings is 5. The number of urea groups is 1. The molecule has 0 atom stereocenters. The topological polar surface area (TPSA) is 121 Å². The number of barbiturate groups is 1. The molecule has 1 aliphatic carbocycles. The standard InChI is InChI=1S/C91H122N2O8S2/c1-12-15-18-21-24-27-30-33-36-39-54-97-79-60-75(61-80(98-55-40-37-34-31-28-25-22-19-16-13-2)85(79)99-56-41-38-35-32-29-26-23-20-17-14-3)101-73-51-48-70(49-52-73)82-63-77(66(5)103-82)84-83(89(6,7)91(10,11)90(84,8)9)76-62-81(102-65(76)4)69-45-42-67(43-46-69)64-100-74-53-50-71-57-68(44-47-72(71)59-74)58-78-86(94)92-88(96)93-87(78)95/h42-53,57-63H,12-41,54-56,64H2,1-11H3,(H2,92,93,94,95,96). The number of rotatable bonds is 46. The van der Waals surface area contributed by atoms with Gasteiger partial charge in [-0.3, -0.25) is 20.2 Å². The van der Waals surface area contributed by atoms with Crippen LogP contribution in [0.3, 0.4) is 0 Å². The van der Waals surface area contributed by atoms with Gasteiger partial charge in [-0.1, -0.05) is 278 Å². The van der Waals surface area contributed by atoms with E-state index in [-0.39, 0.29) is 21.8 Å². The summed E-state index contributed by atoms with van der Waals surface area (Å²) in [6.45, 7) is 28.5. The van der Waals surface area contributed by atoms with Crippen molar-refractivity contribution in [1.29, 1.82) is 0 Å². The second-order valence-corrected chi connectivity index (χ2v) is 33.3. The van der Waals surface area contributed by atoms with Crippen molar-refractivity contribution in [2.45, 2.75) is 275 Å². The van der Waals surface area contributed by atoms with Crippen LogP contribution in [0.1, 0.15) is 287 Å². The molecule has 1 fully saturated rings. The van der Waals surface area contributed by atoms with Gasteiger partial charge in [-0.05, 0) is 165 Å². The number of unbranched alkanes of at least 4 members (excludes halogenated alkanes) is 27. The van der Waals surface area contributed by atoms with Gasteiger partial charge in [-0.25, -0.2) is 4.79 Å². The molecule has 9 rings (SSSR count). The first-order valence-electron chi connectivity index (χ1n) is 39.8. The van der Waals surface area contributed by atoms with Crippen molar-refractivity contribution in [2.75, 3.05) is 19.8 Å². The van der Waals surface area contributed by atoms with Crippen molar-refractivity contribution in [3.63, 3.8) is 0 Å². The lowest BCUT2D eigenvalue weighted by Crippen LogP contribution is -2.51. The zero-order valence-electron chi connectivity index (χ0n) is 64.6. The predicted octanol–water partition coefficient (Wildman–Crippen LogP) is 26.9. The summed E-state index contributed by atoms with van der Waals surface area (Å²) in [7, 11) is 0. The monoisotopic (exact) mass is 1430 g/mol. The molecule has 0 saturated carbocycles. The molecule has 0 unspecified atom stereocenters. The van der Waals surface area contributed by atoms with Crippen molar-refractivity contribution in [3.8, 4) is 55.4 Å². The number of thiophene rings is 2. The van der Waals surface area contributed by atoms with Crippen LogP contribution >= 0.6 is 22.7 Å². The predicted molar refractivity (Wildman–Crippen MR) is 434 cm³/mol. The Kier molecular flexibility index (Phi) is 30.9. The van der Waals surface area contributed by atoms with Crippen LogP contribution in [-0.2, 0) is 16.2 Å². The van der Waals surface area contributed by atoms with Crippen LogP contribution in [0.25, 0.3) is 48.9 Å². The molecule has 0 radical (unpaired) electrons. The summed E-state index contributed by atoms with van der Waals surface area (Å²) in [5.74, 6) is 2.87. The van der Waals surface area contributed by atoms with E-state index < -0.39 is 17.8 Å². The molecule has 1 saturated heterocycles. The summed E-state index contributed by atoms with van der Waals surface area (Å²) in [4.78, 5) is 41.3. The number of aryl methyl sites for hydroxylation is 2. The molecular weight excluding hydrogens is 1310 g/mol. The second-order valence-electron chi connectivity index (χ2n) is 30.8. The molecule has 3 heterocycles. The van der Waals surface area contributed by atoms with Crippen molar-refractivity contribution in [3.05, 3.63) is 147 Å². The minimum Gasteiger partial charge on any atom is -0.489 e. The fraction of sp³-hybridized carbons (Fsp3) is 0.527. The van der Waals surface area contributed by atoms with E-state index >= 15 is 0 Å². The highest BCUT2D eigenvalue weighted by Crippen LogP contribution is 2.71. The maximum absolute atomic E-state index is 12.3. The smallest absolute Gasteiger partial charge is 0.328 e. The number of fused-ring (bicyclic) bond motifs is 1. The molecule has 5 aromatic carbocycles. The van der Waals surface area contributed by atoms with Crippen molar-refractivity contribution in [2.24, 2.45) is 16.2 Å². The summed E-state index contributed by atoms with van der Waals surface area (Å²) >= 11 is 3.74. The fourth-order valence-electron chi connectivity index (χ4n) is 14.9. The van der Waals surface area contributed by atoms with Crippen molar-refractivity contribution >= 4 is 68.5 Å². The Morgan fingerprint density at radius 2 is 0.786 bits per heavy atom. The summed E-state index contributed by atoms with van der Waals surface area (Å²) in [6.07, 6.45) is 39.7. The highest BCUT2D eigenvalue weighted by Gasteiger charge is 2.59. The summed E-state index contributed by atoms with van der Waals surface area (Å²) in [6, 6.07) is 37.1. The maximum atomic E-state index is 12.3. The Morgan fingerprint density at radius 1 is 0.398 bits per heavy atom. The average molecular weight is 1440 g/mol. The molecule has 7 aromatic rings. The van der Waals surface area contributed by atoms with E-state index in [9.17, 15) is 14.4 Å². The Balaban J connectivity index is 0.900. The van der Waals surface area contributed by atoms with E-state index in [2.05, 4.69) is 147 Å². The van der Waals surface area contributed by atoms with Crippen LogP contribution in [0, 0.1) is 30.1 Å². The molecule has 1 aliphatic heterocycles. The number of nitrogens with one attached hydrogen (secondary N) is 2. The van der Waals surface area contributed by atoms with Gasteiger partial charge < -0.3 is 23.7 Å². The summed E-state index contributed by atoms with van der Waals surface area (Å²) in [5.41, 5.74) is 9.07. The quantitative estimate of drug-likeness (QED) is 0.0220. The van der Waals surface area contributed by atoms with Crippen LogP contribution in [0.4, 0.5) is 4.79 Å². The van der Waals surface area contributed by atoms with E-state index in [4.69, 9.17) is 23.7 Å². The molecule has 2 aromatic heterocycles. The second kappa shape index (κ2) is 39.8. The Hall–Kier alpha value is -7.15. The normalized spacial score (nSPS) is 14.7. The molecule has 556 valence electrons. The molecule has 0 bridgehead atoms. The third-order valence-electron chi connectivity index (χ3n) is 22.4. The Labute approximate surface area is 627 Å². The lowest BCUT2D eigenvalue weighted by atomic mass is 9.57. The lowest BCUT2D eigenvalue weighted by Gasteiger charge is -2.46. The van der Waals surface area contributed by atoms with E-state index in [0.717, 1.165) is 71.9 Å². The number of amides is 4. The minimum absolute atomic E-state index is 0.0793. The number of ether oxygens (including phenoxy) is 5. The highest BCUT2D eigenvalue weighted by atomic mass is 32.1. The first kappa shape index (κ1) is 80.0. The van der Waals surface area contributed by atoms with Crippen LogP contribution in [0.2, 0.25) is 0 Å². The first-order valence-corrected chi connectivity index (χ1v) is 41.4. The SMILES string of the molecule is CCCCCCCCCCCCOc1cc(Oc2ccc(-c3cc(C4=C(c5cc(-c6ccc(COc7ccc8cc(C=C9C(=O)NC(=O)NC9=O)ccc8c7)cc6)sc5C)C(C)(C)C(C)(C)C4(C)C)c(C)s3)cc2)cc(OCCCCCCCCCCCC)c1OCCCCCCCCCCCC. The van der Waals surface area contributed by atoms with Crippen molar-refractivity contribution in [1.82, 2.24) is 10.6 Å². The van der Waals surface area contributed by atoms with Gasteiger partial charge in [-0.2, -0.15) is 0 Å². The molecular formula is C91H122N2O8S2. The van der Waals surface area contributed by atoms with Crippen LogP contribution < -0.4 is 34.3 Å². The molecule has 12 heteroatoms. The number of carbonyl (C=O) groups excluding carboxylic acids is 3. The number of hydrogen-bond acceptors (Lipinski definition) is 10. The number of imide groups is 2. The van der Waals surface area contributed by atoms with E-state index in [1.165, 1.54) is 208 Å². The Morgan fingerprint density at radius 3 is 1.23 bits per heavy atom. The number of carbonyl (C=O) groups is 3. The fourth-order valence-corrected chi connectivity index (χ4v) is 17.0. The molecule has 2 aliphatic rings. The third-order valence-corrected chi connectivity index (χ3v) is 24.6. The number of hydrogen-bond donors (Lipinski definition) is 2. The van der Waals surface area contributed by atoms with Gasteiger partial charge in [-0.15, -0.1) is 22.7 Å². The maximum Gasteiger partial charge on any atom is 0.328 e. The van der Waals surface area contributed by atoms with Gasteiger partial charge in [0.2, 0.25) is 5.75 Å². The summed E-state index contributed by atoms with van der Waals surface area (Å²) in [5, 5.41) is 6.13. The van der Waals surface area contributed by atoms with Crippen LogP contribution in [0.5, 0.6) is 34.5 Å². The van der Waals surface area contributed by atoms with Gasteiger partial charge >= 0.3 is 6.03 Å². The highest BCUT2D eigenvalue weighted by molar-refractivity contribution is 7.16. The molecule has 10 nitrogen and oxygen atoms in total. The minimum atomic E-state index is -0.821. The zero-order chi connectivity index (χ0) is 73.2. The first-order chi connectivity index (χ1) is 49.8. The van der Waals surface area contributed by atoms with E-state index in [0.29, 0.717) is 55.0 Å². The van der Waals surface area contributed by atoms with Crippen LogP contribution in [0.15, 0.2) is 115 Å². The Bertz CT molecular complexity index is 3850. The summed E-state index contributed by atoms with van der Waals surface area (Å²) < 4.78 is 33.5.